The van der Waals surface area contributed by atoms with Crippen LogP contribution in [0.2, 0.25) is 0 Å². The first kappa shape index (κ1) is 19.6. The van der Waals surface area contributed by atoms with Gasteiger partial charge in [-0.1, -0.05) is 30.3 Å². The van der Waals surface area contributed by atoms with Crippen LogP contribution >= 0.6 is 0 Å². The predicted octanol–water partition coefficient (Wildman–Crippen LogP) is 2.35. The minimum absolute atomic E-state index is 0.000332. The van der Waals surface area contributed by atoms with E-state index in [1.807, 2.05) is 35.2 Å². The molecule has 1 aromatic rings. The topological polar surface area (TPSA) is 43.9 Å². The Bertz CT molecular complexity index is 725. The van der Waals surface area contributed by atoms with E-state index in [9.17, 15) is 21.6 Å². The highest BCUT2D eigenvalue weighted by Gasteiger charge is 2.51. The van der Waals surface area contributed by atoms with E-state index in [0.29, 0.717) is 19.6 Å². The summed E-state index contributed by atoms with van der Waals surface area (Å²) in [6.07, 6.45) is -5.00. The van der Waals surface area contributed by atoms with Gasteiger partial charge in [-0.05, 0) is 17.4 Å². The average Bonchev–Trinajstić information content (AvgIpc) is 3.10. The number of likely N-dealkylation sites (tertiary alicyclic amines) is 1. The first-order valence-corrected chi connectivity index (χ1v) is 10.0. The predicted molar refractivity (Wildman–Crippen MR) is 92.6 cm³/mol. The zero-order valence-electron chi connectivity index (χ0n) is 14.9. The quantitative estimate of drug-likeness (QED) is 0.774. The van der Waals surface area contributed by atoms with Crippen LogP contribution in [-0.4, -0.2) is 68.4 Å². The molecule has 2 aliphatic heterocycles. The molecule has 0 unspecified atom stereocenters. The molecule has 146 valence electrons. The zero-order valence-corrected chi connectivity index (χ0v) is 15.7. The third-order valence-electron chi connectivity index (χ3n) is 5.31. The van der Waals surface area contributed by atoms with Gasteiger partial charge >= 0.3 is 6.18 Å². The van der Waals surface area contributed by atoms with Crippen molar-refractivity contribution in [2.75, 3.05) is 40.3 Å². The first-order chi connectivity index (χ1) is 12.1. The van der Waals surface area contributed by atoms with Crippen LogP contribution in [0.5, 0.6) is 0 Å². The average molecular weight is 391 g/mol. The highest BCUT2D eigenvalue weighted by atomic mass is 32.2. The van der Waals surface area contributed by atoms with E-state index in [1.54, 1.807) is 0 Å². The van der Waals surface area contributed by atoms with Gasteiger partial charge in [0.15, 0.2) is 0 Å². The Morgan fingerprint density at radius 3 is 2.35 bits per heavy atom. The Balaban J connectivity index is 1.83. The number of halogens is 3. The van der Waals surface area contributed by atoms with Gasteiger partial charge in [0, 0.05) is 40.3 Å². The Hall–Kier alpha value is -1.16. The standard InChI is InChI=1S/C17H24F3N3O2S/c1-21(2)26(24,25)23-11-14-10-22(9-8-17(18,19)20)12-15(14)16(23)13-6-4-3-5-7-13/h3-7,14-16H,8-12H2,1-2H3/t14-,15-,16+/m0/s1. The van der Waals surface area contributed by atoms with Crippen molar-refractivity contribution in [1.82, 2.24) is 13.5 Å². The van der Waals surface area contributed by atoms with Crippen molar-refractivity contribution in [3.8, 4) is 0 Å². The minimum atomic E-state index is -4.17. The van der Waals surface area contributed by atoms with Crippen molar-refractivity contribution in [3.63, 3.8) is 0 Å². The molecule has 0 aliphatic carbocycles. The minimum Gasteiger partial charge on any atom is -0.302 e. The number of benzene rings is 1. The maximum atomic E-state index is 12.8. The molecule has 2 aliphatic rings. The van der Waals surface area contributed by atoms with Crippen LogP contribution in [0.3, 0.4) is 0 Å². The summed E-state index contributed by atoms with van der Waals surface area (Å²) < 4.78 is 65.8. The molecule has 26 heavy (non-hydrogen) atoms. The summed E-state index contributed by atoms with van der Waals surface area (Å²) >= 11 is 0. The van der Waals surface area contributed by atoms with Crippen LogP contribution in [0, 0.1) is 11.8 Å². The number of hydrogen-bond donors (Lipinski definition) is 0. The van der Waals surface area contributed by atoms with Gasteiger partial charge < -0.3 is 4.90 Å². The van der Waals surface area contributed by atoms with Gasteiger partial charge in [-0.2, -0.15) is 30.2 Å². The van der Waals surface area contributed by atoms with Gasteiger partial charge in [-0.3, -0.25) is 0 Å². The molecule has 1 aromatic carbocycles. The lowest BCUT2D eigenvalue weighted by molar-refractivity contribution is -0.137. The maximum absolute atomic E-state index is 12.8. The van der Waals surface area contributed by atoms with Crippen molar-refractivity contribution >= 4 is 10.2 Å². The lowest BCUT2D eigenvalue weighted by atomic mass is 9.90. The van der Waals surface area contributed by atoms with Gasteiger partial charge in [0.05, 0.1) is 12.5 Å². The summed E-state index contributed by atoms with van der Waals surface area (Å²) in [5, 5.41) is 0. The molecule has 3 atom stereocenters. The molecule has 3 rings (SSSR count). The van der Waals surface area contributed by atoms with Crippen molar-refractivity contribution in [2.45, 2.75) is 18.6 Å². The van der Waals surface area contributed by atoms with Crippen molar-refractivity contribution < 1.29 is 21.6 Å². The van der Waals surface area contributed by atoms with E-state index in [1.165, 1.54) is 22.7 Å². The Labute approximate surface area is 152 Å². The number of rotatable bonds is 5. The summed E-state index contributed by atoms with van der Waals surface area (Å²) in [6.45, 7) is 1.30. The fourth-order valence-electron chi connectivity index (χ4n) is 4.08. The van der Waals surface area contributed by atoms with Crippen molar-refractivity contribution in [3.05, 3.63) is 35.9 Å². The van der Waals surface area contributed by atoms with E-state index in [0.717, 1.165) is 5.56 Å². The molecule has 5 nitrogen and oxygen atoms in total. The Kier molecular flexibility index (Phi) is 5.35. The molecule has 2 saturated heterocycles. The summed E-state index contributed by atoms with van der Waals surface area (Å²) in [6, 6.07) is 9.03. The third kappa shape index (κ3) is 3.90. The van der Waals surface area contributed by atoms with Crippen molar-refractivity contribution in [2.24, 2.45) is 11.8 Å². The van der Waals surface area contributed by atoms with Gasteiger partial charge in [0.2, 0.25) is 0 Å². The first-order valence-electron chi connectivity index (χ1n) is 8.63. The Morgan fingerprint density at radius 2 is 1.77 bits per heavy atom. The molecule has 0 saturated carbocycles. The molecule has 0 amide bonds. The molecular weight excluding hydrogens is 367 g/mol. The molecule has 2 heterocycles. The van der Waals surface area contributed by atoms with E-state index in [-0.39, 0.29) is 24.4 Å². The molecule has 0 radical (unpaired) electrons. The smallest absolute Gasteiger partial charge is 0.302 e. The van der Waals surface area contributed by atoms with E-state index in [4.69, 9.17) is 0 Å². The second-order valence-corrected chi connectivity index (χ2v) is 9.36. The normalized spacial score (nSPS) is 28.0. The van der Waals surface area contributed by atoms with Crippen LogP contribution in [-0.2, 0) is 10.2 Å². The van der Waals surface area contributed by atoms with Crippen LogP contribution in [0.15, 0.2) is 30.3 Å². The lowest BCUT2D eigenvalue weighted by Gasteiger charge is -2.31. The number of fused-ring (bicyclic) bond motifs is 1. The van der Waals surface area contributed by atoms with Gasteiger partial charge in [-0.15, -0.1) is 0 Å². The van der Waals surface area contributed by atoms with Crippen LogP contribution < -0.4 is 0 Å². The summed E-state index contributed by atoms with van der Waals surface area (Å²) in [5.74, 6) is 0.0449. The van der Waals surface area contributed by atoms with E-state index in [2.05, 4.69) is 0 Å². The fraction of sp³-hybridized carbons (Fsp3) is 0.647. The van der Waals surface area contributed by atoms with Gasteiger partial charge in [-0.25, -0.2) is 0 Å². The summed E-state index contributed by atoms with van der Waals surface area (Å²) in [4.78, 5) is 1.82. The molecule has 0 N–H and O–H groups in total. The van der Waals surface area contributed by atoms with E-state index < -0.39 is 22.8 Å². The largest absolute Gasteiger partial charge is 0.390 e. The van der Waals surface area contributed by atoms with Gasteiger partial charge in [0.1, 0.15) is 0 Å². The zero-order chi connectivity index (χ0) is 19.1. The fourth-order valence-corrected chi connectivity index (χ4v) is 5.44. The van der Waals surface area contributed by atoms with Crippen LogP contribution in [0.4, 0.5) is 13.2 Å². The van der Waals surface area contributed by atoms with Crippen molar-refractivity contribution in [1.29, 1.82) is 0 Å². The SMILES string of the molecule is CN(C)S(=O)(=O)N1C[C@@H]2CN(CCC(F)(F)F)C[C@@H]2[C@H]1c1ccccc1. The lowest BCUT2D eigenvalue weighted by Crippen LogP contribution is -2.42. The number of nitrogens with zero attached hydrogens (tertiary/aromatic N) is 3. The maximum Gasteiger partial charge on any atom is 0.390 e. The van der Waals surface area contributed by atoms with Crippen LogP contribution in [0.25, 0.3) is 0 Å². The Morgan fingerprint density at radius 1 is 1.12 bits per heavy atom. The molecule has 2 fully saturated rings. The highest BCUT2D eigenvalue weighted by molar-refractivity contribution is 7.86. The second-order valence-electron chi connectivity index (χ2n) is 7.26. The summed E-state index contributed by atoms with van der Waals surface area (Å²) in [7, 11) is -0.599. The van der Waals surface area contributed by atoms with Crippen LogP contribution in [0.1, 0.15) is 18.0 Å². The molecule has 0 spiro atoms. The summed E-state index contributed by atoms with van der Waals surface area (Å²) in [5.41, 5.74) is 0.892. The number of hydrogen-bond acceptors (Lipinski definition) is 3. The van der Waals surface area contributed by atoms with Gasteiger partial charge in [0.25, 0.3) is 10.2 Å². The monoisotopic (exact) mass is 391 g/mol. The second kappa shape index (κ2) is 7.10. The highest BCUT2D eigenvalue weighted by Crippen LogP contribution is 2.46. The molecule has 9 heteroatoms. The third-order valence-corrected chi connectivity index (χ3v) is 7.20. The van der Waals surface area contributed by atoms with E-state index >= 15 is 0 Å². The molecular formula is C17H24F3N3O2S. The molecule has 0 bridgehead atoms. The number of alkyl halides is 3. The molecule has 0 aromatic heterocycles.